The molecule has 0 amide bonds. The van der Waals surface area contributed by atoms with E-state index in [0.717, 1.165) is 41.4 Å². The Labute approximate surface area is 116 Å². The predicted octanol–water partition coefficient (Wildman–Crippen LogP) is 6.01. The maximum atomic E-state index is 2.52. The van der Waals surface area contributed by atoms with E-state index in [0.29, 0.717) is 0 Å². The van der Waals surface area contributed by atoms with Crippen molar-refractivity contribution in [1.82, 2.24) is 0 Å². The zero-order chi connectivity index (χ0) is 13.9. The molecule has 0 aromatic rings. The minimum absolute atomic E-state index is 0.882. The molecule has 0 aromatic heterocycles. The zero-order valence-corrected chi connectivity index (χ0v) is 13.9. The van der Waals surface area contributed by atoms with Crippen molar-refractivity contribution in [3.63, 3.8) is 0 Å². The van der Waals surface area contributed by atoms with Crippen LogP contribution < -0.4 is 0 Å². The molecule has 7 unspecified atom stereocenters. The summed E-state index contributed by atoms with van der Waals surface area (Å²) in [4.78, 5) is 0. The molecule has 0 heterocycles. The van der Waals surface area contributed by atoms with Crippen molar-refractivity contribution in [3.8, 4) is 0 Å². The molecule has 7 atom stereocenters. The van der Waals surface area contributed by atoms with Crippen LogP contribution in [0.25, 0.3) is 0 Å². The Balaban J connectivity index is 2.94. The van der Waals surface area contributed by atoms with Crippen molar-refractivity contribution in [2.24, 2.45) is 41.4 Å². The van der Waals surface area contributed by atoms with Crippen molar-refractivity contribution in [2.75, 3.05) is 0 Å². The number of hydrogen-bond acceptors (Lipinski definition) is 0. The van der Waals surface area contributed by atoms with E-state index in [4.69, 9.17) is 0 Å². The molecule has 0 aliphatic heterocycles. The first-order valence-electron chi connectivity index (χ1n) is 8.42. The molecule has 0 heteroatoms. The summed E-state index contributed by atoms with van der Waals surface area (Å²) >= 11 is 0. The highest BCUT2D eigenvalue weighted by atomic mass is 14.4. The molecular formula is C18H36. The summed E-state index contributed by atoms with van der Waals surface area (Å²) in [5.41, 5.74) is 0. The van der Waals surface area contributed by atoms with Crippen molar-refractivity contribution >= 4 is 0 Å². The molecule has 0 spiro atoms. The van der Waals surface area contributed by atoms with E-state index in [1.54, 1.807) is 0 Å². The summed E-state index contributed by atoms with van der Waals surface area (Å²) in [6.07, 6.45) is 5.63. The fourth-order valence-electron chi connectivity index (χ4n) is 4.77. The summed E-state index contributed by atoms with van der Waals surface area (Å²) in [5.74, 6) is 6.36. The third-order valence-electron chi connectivity index (χ3n) is 6.28. The lowest BCUT2D eigenvalue weighted by atomic mass is 9.69. The monoisotopic (exact) mass is 252 g/mol. The molecule has 0 aromatic carbocycles. The lowest BCUT2D eigenvalue weighted by Crippen LogP contribution is -2.29. The Morgan fingerprint density at radius 1 is 0.722 bits per heavy atom. The highest BCUT2D eigenvalue weighted by molar-refractivity contribution is 4.84. The summed E-state index contributed by atoms with van der Waals surface area (Å²) < 4.78 is 0. The maximum Gasteiger partial charge on any atom is -0.0363 e. The molecule has 1 aliphatic rings. The van der Waals surface area contributed by atoms with Gasteiger partial charge in [0.05, 0.1) is 0 Å². The molecule has 0 nitrogen and oxygen atoms in total. The standard InChI is InChI=1S/C18H36/c1-8-17-11-12(3)10-13(4)18(9-2)16(7)14(5)15(17)6/h12-18H,8-11H2,1-7H3. The number of hydrogen-bond donors (Lipinski definition) is 0. The smallest absolute Gasteiger partial charge is 0.0363 e. The van der Waals surface area contributed by atoms with Gasteiger partial charge < -0.3 is 0 Å². The van der Waals surface area contributed by atoms with Crippen LogP contribution in [0.3, 0.4) is 0 Å². The fourth-order valence-corrected chi connectivity index (χ4v) is 4.77. The van der Waals surface area contributed by atoms with E-state index in [1.807, 2.05) is 0 Å². The van der Waals surface area contributed by atoms with Gasteiger partial charge in [0.15, 0.2) is 0 Å². The van der Waals surface area contributed by atoms with Gasteiger partial charge in [0.25, 0.3) is 0 Å². The molecular weight excluding hydrogens is 216 g/mol. The van der Waals surface area contributed by atoms with E-state index >= 15 is 0 Å². The largest absolute Gasteiger partial charge is 0.0651 e. The quantitative estimate of drug-likeness (QED) is 0.564. The SMILES string of the molecule is CCC1CC(C)CC(C)C(CC)C(C)C(C)C1C. The van der Waals surface area contributed by atoms with Gasteiger partial charge in [-0.1, -0.05) is 61.3 Å². The van der Waals surface area contributed by atoms with E-state index in [-0.39, 0.29) is 0 Å². The normalized spacial score (nSPS) is 47.2. The van der Waals surface area contributed by atoms with E-state index in [2.05, 4.69) is 48.5 Å². The zero-order valence-electron chi connectivity index (χ0n) is 13.9. The van der Waals surface area contributed by atoms with Crippen LogP contribution in [0.5, 0.6) is 0 Å². The summed E-state index contributed by atoms with van der Waals surface area (Å²) in [6, 6.07) is 0. The average molecular weight is 252 g/mol. The molecule has 1 rings (SSSR count). The Bertz CT molecular complexity index is 232. The lowest BCUT2D eigenvalue weighted by molar-refractivity contribution is 0.129. The summed E-state index contributed by atoms with van der Waals surface area (Å²) in [7, 11) is 0. The van der Waals surface area contributed by atoms with E-state index in [9.17, 15) is 0 Å². The average Bonchev–Trinajstić information content (AvgIpc) is 2.36. The highest BCUT2D eigenvalue weighted by Crippen LogP contribution is 2.43. The van der Waals surface area contributed by atoms with Crippen LogP contribution in [0.15, 0.2) is 0 Å². The third-order valence-corrected chi connectivity index (χ3v) is 6.28. The van der Waals surface area contributed by atoms with Gasteiger partial charge in [-0.25, -0.2) is 0 Å². The molecule has 1 saturated carbocycles. The number of rotatable bonds is 2. The van der Waals surface area contributed by atoms with Gasteiger partial charge in [-0.05, 0) is 54.3 Å². The van der Waals surface area contributed by atoms with Gasteiger partial charge in [0, 0.05) is 0 Å². The predicted molar refractivity (Wildman–Crippen MR) is 82.6 cm³/mol. The topological polar surface area (TPSA) is 0 Å². The Morgan fingerprint density at radius 2 is 1.33 bits per heavy atom. The maximum absolute atomic E-state index is 2.52. The van der Waals surface area contributed by atoms with Crippen molar-refractivity contribution < 1.29 is 0 Å². The molecule has 108 valence electrons. The minimum Gasteiger partial charge on any atom is -0.0651 e. The second-order valence-corrected chi connectivity index (χ2v) is 7.37. The molecule has 1 fully saturated rings. The van der Waals surface area contributed by atoms with Crippen LogP contribution in [0.4, 0.5) is 0 Å². The van der Waals surface area contributed by atoms with Gasteiger partial charge in [0.2, 0.25) is 0 Å². The van der Waals surface area contributed by atoms with E-state index < -0.39 is 0 Å². The van der Waals surface area contributed by atoms with Crippen molar-refractivity contribution in [3.05, 3.63) is 0 Å². The lowest BCUT2D eigenvalue weighted by Gasteiger charge is -2.36. The van der Waals surface area contributed by atoms with Crippen LogP contribution in [-0.2, 0) is 0 Å². The van der Waals surface area contributed by atoms with Crippen LogP contribution in [-0.4, -0.2) is 0 Å². The molecule has 0 N–H and O–H groups in total. The Morgan fingerprint density at radius 3 is 1.83 bits per heavy atom. The van der Waals surface area contributed by atoms with Crippen molar-refractivity contribution in [1.29, 1.82) is 0 Å². The van der Waals surface area contributed by atoms with Crippen LogP contribution in [0.1, 0.15) is 74.1 Å². The first-order valence-corrected chi connectivity index (χ1v) is 8.42. The third kappa shape index (κ3) is 3.52. The molecule has 0 bridgehead atoms. The van der Waals surface area contributed by atoms with Gasteiger partial charge in [-0.15, -0.1) is 0 Å². The van der Waals surface area contributed by atoms with E-state index in [1.165, 1.54) is 25.7 Å². The summed E-state index contributed by atoms with van der Waals surface area (Å²) in [5, 5.41) is 0. The Kier molecular flexibility index (Phi) is 6.21. The van der Waals surface area contributed by atoms with Gasteiger partial charge in [0.1, 0.15) is 0 Å². The van der Waals surface area contributed by atoms with Crippen LogP contribution >= 0.6 is 0 Å². The fraction of sp³-hybridized carbons (Fsp3) is 1.00. The molecule has 0 saturated heterocycles. The van der Waals surface area contributed by atoms with Crippen molar-refractivity contribution in [2.45, 2.75) is 74.1 Å². The molecule has 1 aliphatic carbocycles. The first-order chi connectivity index (χ1) is 8.42. The van der Waals surface area contributed by atoms with Gasteiger partial charge in [-0.3, -0.25) is 0 Å². The Hall–Kier alpha value is 0. The minimum atomic E-state index is 0.882. The second kappa shape index (κ2) is 6.96. The van der Waals surface area contributed by atoms with Gasteiger partial charge in [-0.2, -0.15) is 0 Å². The first kappa shape index (κ1) is 16.1. The highest BCUT2D eigenvalue weighted by Gasteiger charge is 2.34. The van der Waals surface area contributed by atoms with Gasteiger partial charge >= 0.3 is 0 Å². The molecule has 18 heavy (non-hydrogen) atoms. The summed E-state index contributed by atoms with van der Waals surface area (Å²) in [6.45, 7) is 17.3. The molecule has 0 radical (unpaired) electrons. The van der Waals surface area contributed by atoms with Crippen LogP contribution in [0, 0.1) is 41.4 Å². The second-order valence-electron chi connectivity index (χ2n) is 7.37. The van der Waals surface area contributed by atoms with Crippen LogP contribution in [0.2, 0.25) is 0 Å².